The van der Waals surface area contributed by atoms with Crippen LogP contribution in [0.25, 0.3) is 0 Å². The van der Waals surface area contributed by atoms with Crippen molar-refractivity contribution in [1.29, 1.82) is 0 Å². The summed E-state index contributed by atoms with van der Waals surface area (Å²) in [6.45, 7) is 4.62. The molecule has 4 rings (SSSR count). The Morgan fingerprint density at radius 3 is 2.64 bits per heavy atom. The highest BCUT2D eigenvalue weighted by Gasteiger charge is 2.61. The van der Waals surface area contributed by atoms with E-state index in [4.69, 9.17) is 15.5 Å². The third-order valence-electron chi connectivity index (χ3n) is 6.51. The molecule has 1 unspecified atom stereocenters. The van der Waals surface area contributed by atoms with E-state index in [2.05, 4.69) is 48.0 Å². The van der Waals surface area contributed by atoms with Gasteiger partial charge in [-0.05, 0) is 61.8 Å². The summed E-state index contributed by atoms with van der Waals surface area (Å²) in [4.78, 5) is 5.21. The van der Waals surface area contributed by atoms with E-state index in [9.17, 15) is 0 Å². The Kier molecular flexibility index (Phi) is 4.29. The van der Waals surface area contributed by atoms with Crippen LogP contribution < -0.4 is 5.73 Å². The number of amidine groups is 1. The average Bonchev–Trinajstić information content (AvgIpc) is 2.76. The standard InChI is InChI=1S/C20H27BrN2OS/c1-18(2)12-20(23-17(22)25-18)16-10-14(21)5-4-13(16)11-19(20)8-6-15(24-3)7-9-19/h4-5,10,15H,6-9,11-12H2,1-3H3,(H2,22,23)/t15-,19-,20?. The molecule has 1 heterocycles. The molecule has 1 aromatic carbocycles. The smallest absolute Gasteiger partial charge is 0.155 e. The van der Waals surface area contributed by atoms with Crippen molar-refractivity contribution in [3.63, 3.8) is 0 Å². The molecule has 5 heteroatoms. The van der Waals surface area contributed by atoms with Crippen molar-refractivity contribution in [1.82, 2.24) is 0 Å². The molecule has 136 valence electrons. The maximum atomic E-state index is 6.38. The van der Waals surface area contributed by atoms with Gasteiger partial charge in [0, 0.05) is 21.7 Å². The van der Waals surface area contributed by atoms with Gasteiger partial charge in [-0.15, -0.1) is 0 Å². The number of halogens is 1. The number of aliphatic imine (C=N–C) groups is 1. The Morgan fingerprint density at radius 1 is 1.28 bits per heavy atom. The van der Waals surface area contributed by atoms with E-state index in [-0.39, 0.29) is 15.7 Å². The van der Waals surface area contributed by atoms with Crippen LogP contribution in [-0.2, 0) is 16.7 Å². The van der Waals surface area contributed by atoms with Crippen molar-refractivity contribution in [2.24, 2.45) is 16.1 Å². The lowest BCUT2D eigenvalue weighted by atomic mass is 9.59. The molecule has 25 heavy (non-hydrogen) atoms. The first kappa shape index (κ1) is 17.9. The van der Waals surface area contributed by atoms with Crippen LogP contribution >= 0.6 is 27.7 Å². The molecule has 0 bridgehead atoms. The van der Waals surface area contributed by atoms with Crippen molar-refractivity contribution in [3.05, 3.63) is 33.8 Å². The molecule has 1 saturated carbocycles. The quantitative estimate of drug-likeness (QED) is 0.691. The minimum Gasteiger partial charge on any atom is -0.381 e. The van der Waals surface area contributed by atoms with Crippen LogP contribution in [-0.4, -0.2) is 23.1 Å². The number of rotatable bonds is 1. The minimum atomic E-state index is -0.191. The monoisotopic (exact) mass is 422 g/mol. The van der Waals surface area contributed by atoms with Gasteiger partial charge in [-0.3, -0.25) is 4.99 Å². The van der Waals surface area contributed by atoms with Gasteiger partial charge >= 0.3 is 0 Å². The third kappa shape index (κ3) is 2.78. The lowest BCUT2D eigenvalue weighted by Gasteiger charge is -2.52. The average molecular weight is 423 g/mol. The fourth-order valence-corrected chi connectivity index (χ4v) is 6.91. The molecule has 0 aromatic heterocycles. The van der Waals surface area contributed by atoms with E-state index in [1.807, 2.05) is 7.11 Å². The van der Waals surface area contributed by atoms with E-state index in [1.165, 1.54) is 11.1 Å². The van der Waals surface area contributed by atoms with Crippen molar-refractivity contribution in [2.75, 3.05) is 7.11 Å². The highest BCUT2D eigenvalue weighted by molar-refractivity contribution is 9.10. The molecule has 1 aromatic rings. The molecule has 0 radical (unpaired) electrons. The SMILES string of the molecule is CO[C@H]1CC[C@]2(CC1)Cc1ccc(Br)cc1C21CC(C)(C)SC(N)=N1. The number of methoxy groups -OCH3 is 1. The number of thioether (sulfide) groups is 1. The van der Waals surface area contributed by atoms with Crippen LogP contribution in [0.3, 0.4) is 0 Å². The second-order valence-corrected chi connectivity index (χ2v) is 11.2. The summed E-state index contributed by atoms with van der Waals surface area (Å²) in [6, 6.07) is 6.76. The summed E-state index contributed by atoms with van der Waals surface area (Å²) in [5.74, 6) is 0. The Labute approximate surface area is 163 Å². The number of ether oxygens (including phenoxy) is 1. The van der Waals surface area contributed by atoms with Crippen LogP contribution in [0.15, 0.2) is 27.7 Å². The van der Waals surface area contributed by atoms with E-state index in [0.29, 0.717) is 6.10 Å². The third-order valence-corrected chi connectivity index (χ3v) is 8.00. The van der Waals surface area contributed by atoms with Gasteiger partial charge in [0.25, 0.3) is 0 Å². The Bertz CT molecular complexity index is 724. The van der Waals surface area contributed by atoms with E-state index in [1.54, 1.807) is 11.8 Å². The van der Waals surface area contributed by atoms with Crippen LogP contribution in [0.2, 0.25) is 0 Å². The summed E-state index contributed by atoms with van der Waals surface area (Å²) in [5, 5.41) is 0.748. The number of nitrogens with zero attached hydrogens (tertiary/aromatic N) is 1. The molecule has 1 aliphatic heterocycles. The van der Waals surface area contributed by atoms with Gasteiger partial charge in [-0.2, -0.15) is 0 Å². The largest absolute Gasteiger partial charge is 0.381 e. The van der Waals surface area contributed by atoms with Crippen molar-refractivity contribution in [2.45, 2.75) is 68.8 Å². The maximum absolute atomic E-state index is 6.38. The molecule has 2 spiro atoms. The summed E-state index contributed by atoms with van der Waals surface area (Å²) < 4.78 is 6.89. The van der Waals surface area contributed by atoms with Crippen molar-refractivity contribution < 1.29 is 4.74 Å². The van der Waals surface area contributed by atoms with Gasteiger partial charge in [0.1, 0.15) is 0 Å². The molecule has 1 fully saturated rings. The van der Waals surface area contributed by atoms with Gasteiger partial charge in [0.15, 0.2) is 5.17 Å². The zero-order valence-electron chi connectivity index (χ0n) is 15.3. The summed E-state index contributed by atoms with van der Waals surface area (Å²) in [7, 11) is 1.84. The normalized spacial score (nSPS) is 36.5. The van der Waals surface area contributed by atoms with Gasteiger partial charge < -0.3 is 10.5 Å². The summed E-state index contributed by atoms with van der Waals surface area (Å²) >= 11 is 5.41. The molecule has 0 saturated heterocycles. The van der Waals surface area contributed by atoms with Gasteiger partial charge in [0.05, 0.1) is 11.6 Å². The van der Waals surface area contributed by atoms with E-state index < -0.39 is 0 Å². The fourth-order valence-electron chi connectivity index (χ4n) is 5.50. The van der Waals surface area contributed by atoms with Crippen molar-refractivity contribution >= 4 is 32.9 Å². The Hall–Kier alpha value is -0.520. The Balaban J connectivity index is 1.87. The van der Waals surface area contributed by atoms with Gasteiger partial charge in [-0.25, -0.2) is 0 Å². The number of hydrogen-bond donors (Lipinski definition) is 1. The molecule has 3 aliphatic rings. The molecule has 3 nitrogen and oxygen atoms in total. The van der Waals surface area contributed by atoms with E-state index in [0.717, 1.165) is 48.2 Å². The predicted molar refractivity (Wildman–Crippen MR) is 109 cm³/mol. The molecular formula is C20H27BrN2OS. The highest BCUT2D eigenvalue weighted by Crippen LogP contribution is 2.65. The summed E-state index contributed by atoms with van der Waals surface area (Å²) in [5.41, 5.74) is 9.22. The summed E-state index contributed by atoms with van der Waals surface area (Å²) in [6.07, 6.45) is 7.12. The number of fused-ring (bicyclic) bond motifs is 3. The minimum absolute atomic E-state index is 0.0981. The van der Waals surface area contributed by atoms with Gasteiger partial charge in [0.2, 0.25) is 0 Å². The maximum Gasteiger partial charge on any atom is 0.155 e. The molecular weight excluding hydrogens is 396 g/mol. The first-order chi connectivity index (χ1) is 11.8. The van der Waals surface area contributed by atoms with Crippen LogP contribution in [0.4, 0.5) is 0 Å². The number of benzene rings is 1. The van der Waals surface area contributed by atoms with Crippen LogP contribution in [0, 0.1) is 5.41 Å². The zero-order valence-corrected chi connectivity index (χ0v) is 17.7. The fraction of sp³-hybridized carbons (Fsp3) is 0.650. The number of hydrogen-bond acceptors (Lipinski definition) is 4. The molecule has 2 N–H and O–H groups in total. The first-order valence-corrected chi connectivity index (χ1v) is 10.8. The lowest BCUT2D eigenvalue weighted by molar-refractivity contribution is -0.00804. The predicted octanol–water partition coefficient (Wildman–Crippen LogP) is 5.01. The van der Waals surface area contributed by atoms with E-state index >= 15 is 0 Å². The van der Waals surface area contributed by atoms with Crippen LogP contribution in [0.5, 0.6) is 0 Å². The number of nitrogens with two attached hydrogens (primary N) is 1. The topological polar surface area (TPSA) is 47.6 Å². The van der Waals surface area contributed by atoms with Crippen LogP contribution in [0.1, 0.15) is 57.1 Å². The molecule has 0 amide bonds. The lowest BCUT2D eigenvalue weighted by Crippen LogP contribution is -2.51. The first-order valence-electron chi connectivity index (χ1n) is 9.15. The highest BCUT2D eigenvalue weighted by atomic mass is 79.9. The second kappa shape index (κ2) is 6.00. The van der Waals surface area contributed by atoms with Gasteiger partial charge in [-0.1, -0.05) is 47.6 Å². The zero-order chi connectivity index (χ0) is 17.9. The molecule has 2 aliphatic carbocycles. The Morgan fingerprint density at radius 2 is 2.00 bits per heavy atom. The molecule has 1 atom stereocenters. The van der Waals surface area contributed by atoms with Crippen molar-refractivity contribution in [3.8, 4) is 0 Å². The second-order valence-electron chi connectivity index (χ2n) is 8.54.